The minimum Gasteiger partial charge on any atom is -0.349 e. The van der Waals surface area contributed by atoms with Crippen LogP contribution in [-0.2, 0) is 0 Å². The largest absolute Gasteiger partial charge is 0.349 e. The van der Waals surface area contributed by atoms with Gasteiger partial charge in [0.25, 0.3) is 0 Å². The lowest BCUT2D eigenvalue weighted by Crippen LogP contribution is -2.03. The van der Waals surface area contributed by atoms with E-state index in [2.05, 4.69) is 21.9 Å². The highest BCUT2D eigenvalue weighted by atomic mass is 35.5. The van der Waals surface area contributed by atoms with Crippen LogP contribution in [0.4, 0.5) is 5.95 Å². The number of hydrogen-bond acceptors (Lipinski definition) is 3. The smallest absolute Gasteiger partial charge is 0.222 e. The number of hydrogen-bond donors (Lipinski definition) is 1. The molecule has 0 aliphatic rings. The van der Waals surface area contributed by atoms with Crippen molar-refractivity contribution >= 4 is 17.5 Å². The zero-order chi connectivity index (χ0) is 8.10. The van der Waals surface area contributed by atoms with Gasteiger partial charge in [0.2, 0.25) is 5.95 Å². The van der Waals surface area contributed by atoms with Crippen molar-refractivity contribution in [2.45, 2.75) is 0 Å². The minimum absolute atomic E-state index is 0.492. The zero-order valence-electron chi connectivity index (χ0n) is 5.92. The number of nitrogens with zero attached hydrogens (tertiary/aromatic N) is 2. The molecule has 0 amide bonds. The Morgan fingerprint density at radius 1 is 1.55 bits per heavy atom. The Kier molecular flexibility index (Phi) is 2.86. The average molecular weight is 170 g/mol. The molecule has 0 fully saturated rings. The molecule has 11 heavy (non-hydrogen) atoms. The van der Waals surface area contributed by atoms with Crippen LogP contribution >= 0.6 is 11.6 Å². The monoisotopic (exact) mass is 169 g/mol. The van der Waals surface area contributed by atoms with E-state index in [4.69, 9.17) is 11.6 Å². The second-order valence-corrected chi connectivity index (χ2v) is 2.48. The summed E-state index contributed by atoms with van der Waals surface area (Å²) in [6, 6.07) is 1.75. The van der Waals surface area contributed by atoms with Crippen LogP contribution in [0.25, 0.3) is 0 Å². The van der Waals surface area contributed by atoms with E-state index in [0.717, 1.165) is 0 Å². The van der Waals surface area contributed by atoms with Gasteiger partial charge in [-0.1, -0.05) is 18.2 Å². The Morgan fingerprint density at radius 2 is 2.18 bits per heavy atom. The maximum Gasteiger partial charge on any atom is 0.222 e. The van der Waals surface area contributed by atoms with Crippen molar-refractivity contribution < 1.29 is 0 Å². The molecular formula is C7H8ClN3. The summed E-state index contributed by atoms with van der Waals surface area (Å²) in [5.74, 6) is 0.564. The molecule has 0 unspecified atom stereocenters. The first kappa shape index (κ1) is 8.01. The van der Waals surface area contributed by atoms with Crippen molar-refractivity contribution in [3.05, 3.63) is 30.1 Å². The van der Waals surface area contributed by atoms with Gasteiger partial charge in [-0.2, -0.15) is 0 Å². The standard InChI is InChI=1S/C7H8ClN3/c1-6(8)5-11-7-9-3-2-4-10-7/h2-4H,1,5H2,(H,9,10,11). The van der Waals surface area contributed by atoms with Crippen molar-refractivity contribution in [3.63, 3.8) is 0 Å². The molecule has 1 heterocycles. The summed E-state index contributed by atoms with van der Waals surface area (Å²) in [5.41, 5.74) is 0. The van der Waals surface area contributed by atoms with Gasteiger partial charge in [0.05, 0.1) is 6.54 Å². The van der Waals surface area contributed by atoms with Crippen LogP contribution in [0.2, 0.25) is 0 Å². The van der Waals surface area contributed by atoms with Gasteiger partial charge in [-0.05, 0) is 6.07 Å². The maximum absolute atomic E-state index is 5.52. The fourth-order valence-electron chi connectivity index (χ4n) is 0.565. The topological polar surface area (TPSA) is 37.8 Å². The number of aromatic nitrogens is 2. The highest BCUT2D eigenvalue weighted by Crippen LogP contribution is 1.99. The molecule has 1 aromatic rings. The molecule has 0 aliphatic heterocycles. The maximum atomic E-state index is 5.52. The third-order valence-corrected chi connectivity index (χ3v) is 1.14. The van der Waals surface area contributed by atoms with E-state index in [9.17, 15) is 0 Å². The van der Waals surface area contributed by atoms with Gasteiger partial charge in [-0.3, -0.25) is 0 Å². The Balaban J connectivity index is 2.45. The summed E-state index contributed by atoms with van der Waals surface area (Å²) >= 11 is 5.52. The van der Waals surface area contributed by atoms with Crippen LogP contribution in [0.3, 0.4) is 0 Å². The second-order valence-electron chi connectivity index (χ2n) is 1.94. The van der Waals surface area contributed by atoms with Gasteiger partial charge in [0.1, 0.15) is 0 Å². The van der Waals surface area contributed by atoms with Gasteiger partial charge in [0, 0.05) is 17.4 Å². The number of rotatable bonds is 3. The molecule has 4 heteroatoms. The molecule has 0 bridgehead atoms. The SMILES string of the molecule is C=C(Cl)CNc1ncccn1. The van der Waals surface area contributed by atoms with Gasteiger partial charge in [0.15, 0.2) is 0 Å². The van der Waals surface area contributed by atoms with Crippen molar-refractivity contribution in [1.82, 2.24) is 9.97 Å². The predicted molar refractivity (Wildman–Crippen MR) is 45.5 cm³/mol. The molecule has 1 aromatic heterocycles. The van der Waals surface area contributed by atoms with Crippen LogP contribution < -0.4 is 5.32 Å². The lowest BCUT2D eigenvalue weighted by molar-refractivity contribution is 1.12. The van der Waals surface area contributed by atoms with Gasteiger partial charge >= 0.3 is 0 Å². The van der Waals surface area contributed by atoms with Crippen LogP contribution in [0.15, 0.2) is 30.1 Å². The first-order valence-corrected chi connectivity index (χ1v) is 3.51. The fraction of sp³-hybridized carbons (Fsp3) is 0.143. The van der Waals surface area contributed by atoms with Gasteiger partial charge in [-0.15, -0.1) is 0 Å². The Bertz CT molecular complexity index is 235. The molecule has 1 N–H and O–H groups in total. The van der Waals surface area contributed by atoms with Gasteiger partial charge in [-0.25, -0.2) is 9.97 Å². The Labute approximate surface area is 70.1 Å². The van der Waals surface area contributed by atoms with Crippen LogP contribution in [0.5, 0.6) is 0 Å². The van der Waals surface area contributed by atoms with E-state index in [1.807, 2.05) is 0 Å². The Hall–Kier alpha value is -1.09. The predicted octanol–water partition coefficient (Wildman–Crippen LogP) is 1.64. The van der Waals surface area contributed by atoms with Crippen LogP contribution in [0.1, 0.15) is 0 Å². The molecule has 0 saturated carbocycles. The number of nitrogens with one attached hydrogen (secondary N) is 1. The van der Waals surface area contributed by atoms with Crippen molar-refractivity contribution in [2.75, 3.05) is 11.9 Å². The summed E-state index contributed by atoms with van der Waals surface area (Å²) in [4.78, 5) is 7.86. The second kappa shape index (κ2) is 3.93. The van der Waals surface area contributed by atoms with Crippen molar-refractivity contribution in [3.8, 4) is 0 Å². The highest BCUT2D eigenvalue weighted by molar-refractivity contribution is 6.29. The molecule has 0 aliphatic carbocycles. The number of halogens is 1. The molecule has 0 atom stereocenters. The molecule has 1 rings (SSSR count). The zero-order valence-corrected chi connectivity index (χ0v) is 6.67. The normalized spacial score (nSPS) is 9.18. The molecule has 0 radical (unpaired) electrons. The molecule has 3 nitrogen and oxygen atoms in total. The molecule has 58 valence electrons. The summed E-state index contributed by atoms with van der Waals surface area (Å²) in [6.45, 7) is 4.01. The summed E-state index contributed by atoms with van der Waals surface area (Å²) in [6.07, 6.45) is 3.32. The lowest BCUT2D eigenvalue weighted by atomic mass is 10.6. The van der Waals surface area contributed by atoms with E-state index in [1.165, 1.54) is 0 Å². The minimum atomic E-state index is 0.492. The molecule has 0 spiro atoms. The first-order valence-electron chi connectivity index (χ1n) is 3.13. The van der Waals surface area contributed by atoms with E-state index in [0.29, 0.717) is 17.5 Å². The lowest BCUT2D eigenvalue weighted by Gasteiger charge is -2.00. The van der Waals surface area contributed by atoms with Crippen molar-refractivity contribution in [2.24, 2.45) is 0 Å². The first-order chi connectivity index (χ1) is 5.29. The van der Waals surface area contributed by atoms with E-state index >= 15 is 0 Å². The highest BCUT2D eigenvalue weighted by Gasteiger charge is 1.91. The van der Waals surface area contributed by atoms with E-state index in [1.54, 1.807) is 18.5 Å². The van der Waals surface area contributed by atoms with E-state index < -0.39 is 0 Å². The Morgan fingerprint density at radius 3 is 2.73 bits per heavy atom. The summed E-state index contributed by atoms with van der Waals surface area (Å²) < 4.78 is 0. The van der Waals surface area contributed by atoms with Crippen LogP contribution in [0, 0.1) is 0 Å². The number of anilines is 1. The third kappa shape index (κ3) is 3.00. The quantitative estimate of drug-likeness (QED) is 0.748. The third-order valence-electron chi connectivity index (χ3n) is 1.00. The molecular weight excluding hydrogens is 162 g/mol. The average Bonchev–Trinajstić information content (AvgIpc) is 2.03. The van der Waals surface area contributed by atoms with Crippen LogP contribution in [-0.4, -0.2) is 16.5 Å². The van der Waals surface area contributed by atoms with Crippen molar-refractivity contribution in [1.29, 1.82) is 0 Å². The molecule has 0 aromatic carbocycles. The summed E-state index contributed by atoms with van der Waals surface area (Å²) in [5, 5.41) is 3.43. The molecule has 0 saturated heterocycles. The van der Waals surface area contributed by atoms with Gasteiger partial charge < -0.3 is 5.32 Å². The summed E-state index contributed by atoms with van der Waals surface area (Å²) in [7, 11) is 0. The van der Waals surface area contributed by atoms with E-state index in [-0.39, 0.29) is 0 Å². The fourth-order valence-corrected chi connectivity index (χ4v) is 0.632.